The molecule has 1 aromatic heterocycles. The first-order chi connectivity index (χ1) is 9.86. The monoisotopic (exact) mass is 369 g/mol. The summed E-state index contributed by atoms with van der Waals surface area (Å²) >= 11 is 2.43. The van der Waals surface area contributed by atoms with Crippen molar-refractivity contribution in [3.05, 3.63) is 76.4 Å². The fraction of sp³-hybridized carbons (Fsp3) is 0. The van der Waals surface area contributed by atoms with Crippen molar-refractivity contribution in [3.63, 3.8) is 0 Å². The van der Waals surface area contributed by atoms with Crippen LogP contribution in [0.15, 0.2) is 72.8 Å². The number of fused-ring (bicyclic) bond motifs is 3. The second kappa shape index (κ2) is 4.63. The third kappa shape index (κ3) is 1.68. The predicted octanol–water partition coefficient (Wildman–Crippen LogP) is 5.39. The molecule has 3 aromatic carbocycles. The van der Waals surface area contributed by atoms with E-state index in [1.807, 2.05) is 0 Å². The van der Waals surface area contributed by atoms with Crippen LogP contribution in [0.2, 0.25) is 0 Å². The third-order valence-corrected chi connectivity index (χ3v) is 4.56. The van der Waals surface area contributed by atoms with Gasteiger partial charge < -0.3 is 4.57 Å². The second-order valence-corrected chi connectivity index (χ2v) is 5.98. The predicted molar refractivity (Wildman–Crippen MR) is 93.5 cm³/mol. The highest BCUT2D eigenvalue weighted by atomic mass is 127. The van der Waals surface area contributed by atoms with Crippen molar-refractivity contribution < 1.29 is 0 Å². The highest BCUT2D eigenvalue weighted by molar-refractivity contribution is 14.1. The van der Waals surface area contributed by atoms with Gasteiger partial charge in [0.2, 0.25) is 0 Å². The fourth-order valence-corrected chi connectivity index (χ4v) is 3.61. The summed E-state index contributed by atoms with van der Waals surface area (Å²) in [5.74, 6) is 0. The van der Waals surface area contributed by atoms with Gasteiger partial charge in [0.1, 0.15) is 0 Å². The molecule has 0 saturated heterocycles. The van der Waals surface area contributed by atoms with E-state index >= 15 is 0 Å². The smallest absolute Gasteiger partial charge is 0.0551 e. The minimum Gasteiger partial charge on any atom is -0.309 e. The molecule has 96 valence electrons. The van der Waals surface area contributed by atoms with E-state index in [4.69, 9.17) is 0 Å². The van der Waals surface area contributed by atoms with Gasteiger partial charge in [-0.3, -0.25) is 0 Å². The molecule has 0 spiro atoms. The van der Waals surface area contributed by atoms with E-state index in [0.29, 0.717) is 0 Å². The Morgan fingerprint density at radius 1 is 0.650 bits per heavy atom. The van der Waals surface area contributed by atoms with Gasteiger partial charge in [-0.05, 0) is 52.9 Å². The molecule has 0 fully saturated rings. The molecule has 0 amide bonds. The lowest BCUT2D eigenvalue weighted by atomic mass is 10.2. The summed E-state index contributed by atoms with van der Waals surface area (Å²) in [4.78, 5) is 0. The van der Waals surface area contributed by atoms with Gasteiger partial charge in [0.05, 0.1) is 11.0 Å². The molecule has 1 nitrogen and oxygen atoms in total. The Kier molecular flexibility index (Phi) is 2.77. The van der Waals surface area contributed by atoms with Crippen molar-refractivity contribution in [1.29, 1.82) is 0 Å². The van der Waals surface area contributed by atoms with Crippen LogP contribution in [0.25, 0.3) is 27.5 Å². The maximum atomic E-state index is 2.43. The van der Waals surface area contributed by atoms with Crippen LogP contribution in [0.1, 0.15) is 0 Å². The van der Waals surface area contributed by atoms with E-state index < -0.39 is 0 Å². The van der Waals surface area contributed by atoms with Crippen LogP contribution in [0.3, 0.4) is 0 Å². The highest BCUT2D eigenvalue weighted by Gasteiger charge is 2.12. The number of hydrogen-bond donors (Lipinski definition) is 0. The summed E-state index contributed by atoms with van der Waals surface area (Å²) in [7, 11) is 0. The average molecular weight is 369 g/mol. The number of nitrogens with zero attached hydrogens (tertiary/aromatic N) is 1. The van der Waals surface area contributed by atoms with Crippen LogP contribution in [-0.2, 0) is 0 Å². The fourth-order valence-electron chi connectivity index (χ4n) is 2.83. The Labute approximate surface area is 131 Å². The molecular formula is C18H12IN. The summed E-state index contributed by atoms with van der Waals surface area (Å²) in [5, 5.41) is 2.66. The number of rotatable bonds is 1. The molecule has 4 rings (SSSR count). The van der Waals surface area contributed by atoms with Crippen LogP contribution >= 0.6 is 22.6 Å². The second-order valence-electron chi connectivity index (χ2n) is 4.82. The van der Waals surface area contributed by atoms with Crippen molar-refractivity contribution in [1.82, 2.24) is 4.57 Å². The minimum absolute atomic E-state index is 1.21. The van der Waals surface area contributed by atoms with Crippen molar-refractivity contribution in [2.45, 2.75) is 0 Å². The lowest BCUT2D eigenvalue weighted by Gasteiger charge is -2.07. The molecular weight excluding hydrogens is 357 g/mol. The van der Waals surface area contributed by atoms with Crippen molar-refractivity contribution in [2.24, 2.45) is 0 Å². The van der Waals surface area contributed by atoms with Gasteiger partial charge in [0.25, 0.3) is 0 Å². The van der Waals surface area contributed by atoms with Crippen LogP contribution < -0.4 is 0 Å². The number of para-hydroxylation sites is 2. The number of aromatic nitrogens is 1. The Morgan fingerprint density at radius 3 is 2.20 bits per heavy atom. The zero-order valence-corrected chi connectivity index (χ0v) is 12.9. The van der Waals surface area contributed by atoms with Crippen LogP contribution in [0.4, 0.5) is 0 Å². The lowest BCUT2D eigenvalue weighted by Crippen LogP contribution is -1.92. The Bertz CT molecular complexity index is 907. The molecule has 0 aliphatic rings. The van der Waals surface area contributed by atoms with Crippen LogP contribution in [0, 0.1) is 3.57 Å². The van der Waals surface area contributed by atoms with E-state index in [1.54, 1.807) is 0 Å². The summed E-state index contributed by atoms with van der Waals surface area (Å²) in [6.07, 6.45) is 0. The topological polar surface area (TPSA) is 4.93 Å². The van der Waals surface area contributed by atoms with Gasteiger partial charge in [0, 0.05) is 20.0 Å². The lowest BCUT2D eigenvalue weighted by molar-refractivity contribution is 1.18. The van der Waals surface area contributed by atoms with Gasteiger partial charge in [-0.25, -0.2) is 0 Å². The first-order valence-corrected chi connectivity index (χ1v) is 7.67. The molecule has 0 unspecified atom stereocenters. The first-order valence-electron chi connectivity index (χ1n) is 6.59. The Balaban J connectivity index is 2.26. The summed E-state index contributed by atoms with van der Waals surface area (Å²) < 4.78 is 3.64. The zero-order chi connectivity index (χ0) is 13.5. The SMILES string of the molecule is Ic1cccc2c1c1ccccc1n2-c1ccccc1. The molecule has 0 bridgehead atoms. The van der Waals surface area contributed by atoms with Gasteiger partial charge >= 0.3 is 0 Å². The highest BCUT2D eigenvalue weighted by Crippen LogP contribution is 2.34. The molecule has 4 aromatic rings. The average Bonchev–Trinajstić information content (AvgIpc) is 2.84. The maximum absolute atomic E-state index is 2.43. The van der Waals surface area contributed by atoms with E-state index in [2.05, 4.69) is 100.0 Å². The van der Waals surface area contributed by atoms with E-state index in [1.165, 1.54) is 31.1 Å². The van der Waals surface area contributed by atoms with Crippen molar-refractivity contribution in [2.75, 3.05) is 0 Å². The molecule has 0 radical (unpaired) electrons. The minimum atomic E-state index is 1.21. The molecule has 20 heavy (non-hydrogen) atoms. The molecule has 2 heteroatoms. The Morgan fingerprint density at radius 2 is 1.35 bits per heavy atom. The summed E-state index contributed by atoms with van der Waals surface area (Å²) in [5.41, 5.74) is 3.74. The summed E-state index contributed by atoms with van der Waals surface area (Å²) in [6.45, 7) is 0. The van der Waals surface area contributed by atoms with E-state index in [-0.39, 0.29) is 0 Å². The molecule has 1 heterocycles. The largest absolute Gasteiger partial charge is 0.309 e. The van der Waals surface area contributed by atoms with Gasteiger partial charge in [-0.15, -0.1) is 0 Å². The molecule has 0 saturated carbocycles. The molecule has 0 aliphatic carbocycles. The normalized spacial score (nSPS) is 11.2. The van der Waals surface area contributed by atoms with Crippen molar-refractivity contribution in [3.8, 4) is 5.69 Å². The molecule has 0 atom stereocenters. The van der Waals surface area contributed by atoms with E-state index in [0.717, 1.165) is 0 Å². The van der Waals surface area contributed by atoms with Crippen LogP contribution in [0.5, 0.6) is 0 Å². The molecule has 0 aliphatic heterocycles. The summed E-state index contributed by atoms with van der Waals surface area (Å²) in [6, 6.07) is 25.7. The van der Waals surface area contributed by atoms with Crippen LogP contribution in [-0.4, -0.2) is 4.57 Å². The standard InChI is InChI=1S/C18H12IN/c19-15-10-6-12-17-18(15)14-9-4-5-11-16(14)20(17)13-7-2-1-3-8-13/h1-12H. The van der Waals surface area contributed by atoms with Gasteiger partial charge in [-0.2, -0.15) is 0 Å². The Hall–Kier alpha value is -1.81. The van der Waals surface area contributed by atoms with Gasteiger partial charge in [0.15, 0.2) is 0 Å². The third-order valence-electron chi connectivity index (χ3n) is 3.66. The first kappa shape index (κ1) is 12.0. The zero-order valence-electron chi connectivity index (χ0n) is 10.8. The maximum Gasteiger partial charge on any atom is 0.0551 e. The quantitative estimate of drug-likeness (QED) is 0.397. The van der Waals surface area contributed by atoms with Gasteiger partial charge in [-0.1, -0.05) is 42.5 Å². The molecule has 0 N–H and O–H groups in total. The van der Waals surface area contributed by atoms with Crippen molar-refractivity contribution >= 4 is 44.4 Å². The van der Waals surface area contributed by atoms with E-state index in [9.17, 15) is 0 Å². The number of halogens is 1. The number of hydrogen-bond acceptors (Lipinski definition) is 0. The number of benzene rings is 3.